The topological polar surface area (TPSA) is 55.1 Å². The van der Waals surface area contributed by atoms with E-state index in [0.29, 0.717) is 12.1 Å². The first-order valence-corrected chi connectivity index (χ1v) is 6.45. The van der Waals surface area contributed by atoms with E-state index in [4.69, 9.17) is 5.73 Å². The third-order valence-electron chi connectivity index (χ3n) is 2.92. The fourth-order valence-corrected chi connectivity index (χ4v) is 1.85. The Morgan fingerprint density at radius 3 is 2.32 bits per heavy atom. The second-order valence-electron chi connectivity index (χ2n) is 4.41. The molecule has 0 aliphatic carbocycles. The standard InChI is InChI=1S/C16H18N2O/c17-12-4-5-13-8-10-15(11-9-13)18-16(19)14-6-2-1-3-7-14/h1-3,6-11H,4-5,12,17H2,(H,18,19). The van der Waals surface area contributed by atoms with Crippen LogP contribution in [-0.2, 0) is 6.42 Å². The van der Waals surface area contributed by atoms with Crippen molar-refractivity contribution in [3.05, 3.63) is 65.7 Å². The van der Waals surface area contributed by atoms with Gasteiger partial charge < -0.3 is 11.1 Å². The summed E-state index contributed by atoms with van der Waals surface area (Å²) in [7, 11) is 0. The van der Waals surface area contributed by atoms with Gasteiger partial charge in [0.2, 0.25) is 0 Å². The van der Waals surface area contributed by atoms with E-state index in [0.717, 1.165) is 18.5 Å². The van der Waals surface area contributed by atoms with Gasteiger partial charge in [0.15, 0.2) is 0 Å². The van der Waals surface area contributed by atoms with Crippen LogP contribution in [0.3, 0.4) is 0 Å². The van der Waals surface area contributed by atoms with Crippen LogP contribution < -0.4 is 11.1 Å². The van der Waals surface area contributed by atoms with Gasteiger partial charge in [-0.25, -0.2) is 0 Å². The summed E-state index contributed by atoms with van der Waals surface area (Å²) in [5.41, 5.74) is 8.19. The molecule has 2 rings (SSSR count). The molecular weight excluding hydrogens is 236 g/mol. The van der Waals surface area contributed by atoms with E-state index in [1.54, 1.807) is 12.1 Å². The molecule has 3 nitrogen and oxygen atoms in total. The molecule has 0 saturated heterocycles. The molecule has 3 N–H and O–H groups in total. The number of aryl methyl sites for hydroxylation is 1. The lowest BCUT2D eigenvalue weighted by molar-refractivity contribution is 0.102. The summed E-state index contributed by atoms with van der Waals surface area (Å²) in [5.74, 6) is -0.0877. The van der Waals surface area contributed by atoms with E-state index >= 15 is 0 Å². The van der Waals surface area contributed by atoms with E-state index in [-0.39, 0.29) is 5.91 Å². The van der Waals surface area contributed by atoms with Gasteiger partial charge in [0.05, 0.1) is 0 Å². The molecule has 0 radical (unpaired) electrons. The third-order valence-corrected chi connectivity index (χ3v) is 2.92. The Hall–Kier alpha value is -2.13. The lowest BCUT2D eigenvalue weighted by Gasteiger charge is -2.06. The van der Waals surface area contributed by atoms with Crippen LogP contribution in [0.5, 0.6) is 0 Å². The maximum Gasteiger partial charge on any atom is 0.255 e. The highest BCUT2D eigenvalue weighted by atomic mass is 16.1. The Morgan fingerprint density at radius 2 is 1.68 bits per heavy atom. The van der Waals surface area contributed by atoms with Crippen molar-refractivity contribution in [3.8, 4) is 0 Å². The highest BCUT2D eigenvalue weighted by Crippen LogP contribution is 2.12. The van der Waals surface area contributed by atoms with Gasteiger partial charge in [0.1, 0.15) is 0 Å². The fourth-order valence-electron chi connectivity index (χ4n) is 1.85. The van der Waals surface area contributed by atoms with E-state index in [2.05, 4.69) is 5.32 Å². The number of hydrogen-bond donors (Lipinski definition) is 2. The summed E-state index contributed by atoms with van der Waals surface area (Å²) < 4.78 is 0. The molecule has 0 spiro atoms. The Labute approximate surface area is 113 Å². The van der Waals surface area contributed by atoms with Crippen LogP contribution in [0.15, 0.2) is 54.6 Å². The number of amides is 1. The van der Waals surface area contributed by atoms with Crippen LogP contribution in [0, 0.1) is 0 Å². The molecule has 0 bridgehead atoms. The molecule has 0 fully saturated rings. The monoisotopic (exact) mass is 254 g/mol. The zero-order valence-electron chi connectivity index (χ0n) is 10.8. The van der Waals surface area contributed by atoms with Crippen molar-refractivity contribution in [2.24, 2.45) is 5.73 Å². The Bertz CT molecular complexity index is 520. The van der Waals surface area contributed by atoms with Gasteiger partial charge >= 0.3 is 0 Å². The first-order valence-electron chi connectivity index (χ1n) is 6.45. The third kappa shape index (κ3) is 3.93. The zero-order valence-corrected chi connectivity index (χ0v) is 10.8. The molecule has 3 heteroatoms. The summed E-state index contributed by atoms with van der Waals surface area (Å²) in [5, 5.41) is 2.88. The highest BCUT2D eigenvalue weighted by Gasteiger charge is 2.04. The number of carbonyl (C=O) groups excluding carboxylic acids is 1. The van der Waals surface area contributed by atoms with Gasteiger partial charge in [-0.3, -0.25) is 4.79 Å². The summed E-state index contributed by atoms with van der Waals surface area (Å²) in [6.45, 7) is 0.701. The lowest BCUT2D eigenvalue weighted by Crippen LogP contribution is -2.11. The minimum Gasteiger partial charge on any atom is -0.330 e. The average Bonchev–Trinajstić information content (AvgIpc) is 2.47. The normalized spacial score (nSPS) is 10.2. The molecule has 2 aromatic carbocycles. The number of rotatable bonds is 5. The van der Waals surface area contributed by atoms with Gasteiger partial charge in [-0.05, 0) is 49.2 Å². The van der Waals surface area contributed by atoms with Crippen molar-refractivity contribution in [1.82, 2.24) is 0 Å². The second kappa shape index (κ2) is 6.71. The molecule has 0 atom stereocenters. The van der Waals surface area contributed by atoms with Gasteiger partial charge in [0, 0.05) is 11.3 Å². The summed E-state index contributed by atoms with van der Waals surface area (Å²) in [4.78, 5) is 11.9. The number of nitrogens with one attached hydrogen (secondary N) is 1. The molecule has 0 saturated carbocycles. The molecule has 0 aliphatic heterocycles. The SMILES string of the molecule is NCCCc1ccc(NC(=O)c2ccccc2)cc1. The van der Waals surface area contributed by atoms with E-state index in [1.807, 2.05) is 42.5 Å². The first-order chi connectivity index (χ1) is 9.29. The highest BCUT2D eigenvalue weighted by molar-refractivity contribution is 6.04. The first kappa shape index (κ1) is 13.3. The predicted octanol–water partition coefficient (Wildman–Crippen LogP) is 2.83. The molecule has 98 valence electrons. The Balaban J connectivity index is 1.98. The Morgan fingerprint density at radius 1 is 1.00 bits per heavy atom. The van der Waals surface area contributed by atoms with Crippen LogP contribution in [0.25, 0.3) is 0 Å². The predicted molar refractivity (Wildman–Crippen MR) is 78.2 cm³/mol. The summed E-state index contributed by atoms with van der Waals surface area (Å²) >= 11 is 0. The van der Waals surface area contributed by atoms with Gasteiger partial charge in [-0.15, -0.1) is 0 Å². The smallest absolute Gasteiger partial charge is 0.255 e. The van der Waals surface area contributed by atoms with Crippen molar-refractivity contribution in [2.45, 2.75) is 12.8 Å². The Kier molecular flexibility index (Phi) is 4.70. The van der Waals surface area contributed by atoms with Crippen molar-refractivity contribution in [1.29, 1.82) is 0 Å². The maximum absolute atomic E-state index is 11.9. The quantitative estimate of drug-likeness (QED) is 0.862. The minimum absolute atomic E-state index is 0.0877. The molecule has 0 aromatic heterocycles. The summed E-state index contributed by atoms with van der Waals surface area (Å²) in [6, 6.07) is 17.1. The van der Waals surface area contributed by atoms with E-state index in [1.165, 1.54) is 5.56 Å². The van der Waals surface area contributed by atoms with E-state index < -0.39 is 0 Å². The van der Waals surface area contributed by atoms with Crippen molar-refractivity contribution in [2.75, 3.05) is 11.9 Å². The molecule has 0 heterocycles. The molecular formula is C16H18N2O. The minimum atomic E-state index is -0.0877. The van der Waals surface area contributed by atoms with Crippen LogP contribution in [0.4, 0.5) is 5.69 Å². The van der Waals surface area contributed by atoms with Crippen LogP contribution >= 0.6 is 0 Å². The average molecular weight is 254 g/mol. The summed E-state index contributed by atoms with van der Waals surface area (Å²) in [6.07, 6.45) is 1.96. The van der Waals surface area contributed by atoms with Crippen molar-refractivity contribution < 1.29 is 4.79 Å². The largest absolute Gasteiger partial charge is 0.330 e. The number of nitrogens with two attached hydrogens (primary N) is 1. The van der Waals surface area contributed by atoms with Gasteiger partial charge in [-0.2, -0.15) is 0 Å². The zero-order chi connectivity index (χ0) is 13.5. The number of anilines is 1. The van der Waals surface area contributed by atoms with Gasteiger partial charge in [0.25, 0.3) is 5.91 Å². The lowest BCUT2D eigenvalue weighted by atomic mass is 10.1. The molecule has 0 unspecified atom stereocenters. The van der Waals surface area contributed by atoms with Crippen molar-refractivity contribution >= 4 is 11.6 Å². The number of carbonyl (C=O) groups is 1. The second-order valence-corrected chi connectivity index (χ2v) is 4.41. The maximum atomic E-state index is 11.9. The number of benzene rings is 2. The molecule has 2 aromatic rings. The van der Waals surface area contributed by atoms with E-state index in [9.17, 15) is 4.79 Å². The van der Waals surface area contributed by atoms with Crippen molar-refractivity contribution in [3.63, 3.8) is 0 Å². The number of hydrogen-bond acceptors (Lipinski definition) is 2. The fraction of sp³-hybridized carbons (Fsp3) is 0.188. The molecule has 19 heavy (non-hydrogen) atoms. The van der Waals surface area contributed by atoms with Crippen LogP contribution in [0.1, 0.15) is 22.3 Å². The van der Waals surface area contributed by atoms with Crippen LogP contribution in [0.2, 0.25) is 0 Å². The van der Waals surface area contributed by atoms with Gasteiger partial charge in [-0.1, -0.05) is 30.3 Å². The molecule has 0 aliphatic rings. The van der Waals surface area contributed by atoms with Crippen LogP contribution in [-0.4, -0.2) is 12.5 Å². The molecule has 1 amide bonds.